The molecule has 6 heteroatoms. The average molecular weight is 401 g/mol. The van der Waals surface area contributed by atoms with E-state index in [0.29, 0.717) is 12.8 Å². The Bertz CT molecular complexity index is 401. The standard InChI is InChI=1S/C20H42O4S.Na/c1-3-5-7-9-11-13-15-17-19-20(21,25(22,23)24)18-16-14-12-10-8-6-4-2;/h21H,3-19H2,1-2H3,(H,22,23,24);/q;+1/p-1. The Labute approximate surface area is 185 Å². The molecule has 0 aliphatic heterocycles. The number of unbranched alkanes of at least 4 members (excludes halogenated alkanes) is 13. The van der Waals surface area contributed by atoms with E-state index >= 15 is 0 Å². The first-order valence-corrected chi connectivity index (χ1v) is 12.0. The molecule has 152 valence electrons. The van der Waals surface area contributed by atoms with Crippen LogP contribution in [0.3, 0.4) is 0 Å². The molecular formula is C20H41NaO4S. The molecule has 0 aliphatic rings. The molecule has 1 unspecified atom stereocenters. The van der Waals surface area contributed by atoms with E-state index in [0.717, 1.165) is 38.5 Å². The molecule has 1 atom stereocenters. The van der Waals surface area contributed by atoms with Crippen LogP contribution in [-0.4, -0.2) is 23.0 Å². The van der Waals surface area contributed by atoms with E-state index in [1.165, 1.54) is 44.9 Å². The Balaban J connectivity index is 0. The Morgan fingerprint density at radius 1 is 0.654 bits per heavy atom. The number of hydrogen-bond acceptors (Lipinski definition) is 4. The predicted molar refractivity (Wildman–Crippen MR) is 104 cm³/mol. The van der Waals surface area contributed by atoms with Crippen molar-refractivity contribution in [3.63, 3.8) is 0 Å². The Morgan fingerprint density at radius 3 is 1.19 bits per heavy atom. The molecule has 0 aliphatic carbocycles. The molecule has 0 aromatic rings. The van der Waals surface area contributed by atoms with Crippen LogP contribution in [0.15, 0.2) is 0 Å². The van der Waals surface area contributed by atoms with E-state index in [9.17, 15) is 18.1 Å². The summed E-state index contributed by atoms with van der Waals surface area (Å²) in [6, 6.07) is 0. The van der Waals surface area contributed by atoms with Crippen LogP contribution >= 0.6 is 0 Å². The van der Waals surface area contributed by atoms with Crippen LogP contribution in [0.1, 0.15) is 123 Å². The van der Waals surface area contributed by atoms with Crippen molar-refractivity contribution in [3.8, 4) is 0 Å². The van der Waals surface area contributed by atoms with Gasteiger partial charge in [0.25, 0.3) is 0 Å². The van der Waals surface area contributed by atoms with Crippen molar-refractivity contribution in [2.45, 2.75) is 128 Å². The maximum Gasteiger partial charge on any atom is 1.00 e. The van der Waals surface area contributed by atoms with Gasteiger partial charge in [0.1, 0.15) is 10.1 Å². The molecule has 0 amide bonds. The minimum Gasteiger partial charge on any atom is -0.746 e. The molecule has 0 saturated heterocycles. The fourth-order valence-electron chi connectivity index (χ4n) is 3.27. The number of hydrogen-bond donors (Lipinski definition) is 1. The van der Waals surface area contributed by atoms with Crippen LogP contribution in [0, 0.1) is 0 Å². The zero-order valence-corrected chi connectivity index (χ0v) is 20.4. The molecule has 1 N–H and O–H groups in total. The molecule has 0 fully saturated rings. The molecule has 0 saturated carbocycles. The van der Waals surface area contributed by atoms with Gasteiger partial charge < -0.3 is 9.66 Å². The summed E-state index contributed by atoms with van der Waals surface area (Å²) in [6.07, 6.45) is 16.2. The van der Waals surface area contributed by atoms with Gasteiger partial charge >= 0.3 is 29.6 Å². The molecule has 26 heavy (non-hydrogen) atoms. The third kappa shape index (κ3) is 14.9. The molecule has 0 rings (SSSR count). The van der Waals surface area contributed by atoms with Crippen molar-refractivity contribution < 1.29 is 47.6 Å². The molecule has 0 aromatic heterocycles. The first-order chi connectivity index (χ1) is 11.9. The van der Waals surface area contributed by atoms with Crippen LogP contribution in [0.25, 0.3) is 0 Å². The monoisotopic (exact) mass is 400 g/mol. The Hall–Kier alpha value is 0.870. The molecule has 0 aromatic carbocycles. The quantitative estimate of drug-likeness (QED) is 0.218. The molecule has 0 heterocycles. The Morgan fingerprint density at radius 2 is 0.923 bits per heavy atom. The average Bonchev–Trinajstić information content (AvgIpc) is 2.55. The van der Waals surface area contributed by atoms with E-state index < -0.39 is 15.1 Å². The van der Waals surface area contributed by atoms with Crippen molar-refractivity contribution in [2.24, 2.45) is 0 Å². The van der Waals surface area contributed by atoms with Gasteiger partial charge in [0.15, 0.2) is 4.93 Å². The van der Waals surface area contributed by atoms with Gasteiger partial charge in [0.05, 0.1) is 0 Å². The van der Waals surface area contributed by atoms with Crippen molar-refractivity contribution in [1.82, 2.24) is 0 Å². The summed E-state index contributed by atoms with van der Waals surface area (Å²) in [4.78, 5) is -2.06. The van der Waals surface area contributed by atoms with Crippen molar-refractivity contribution in [3.05, 3.63) is 0 Å². The van der Waals surface area contributed by atoms with E-state index in [1.54, 1.807) is 0 Å². The molecule has 0 radical (unpaired) electrons. The fraction of sp³-hybridized carbons (Fsp3) is 1.00. The van der Waals surface area contributed by atoms with Crippen LogP contribution in [0.2, 0.25) is 0 Å². The van der Waals surface area contributed by atoms with Crippen LogP contribution < -0.4 is 29.6 Å². The zero-order chi connectivity index (χ0) is 19.0. The van der Waals surface area contributed by atoms with E-state index in [4.69, 9.17) is 0 Å². The second-order valence-electron chi connectivity index (χ2n) is 7.50. The molecular weight excluding hydrogens is 359 g/mol. The topological polar surface area (TPSA) is 77.4 Å². The van der Waals surface area contributed by atoms with E-state index in [2.05, 4.69) is 13.8 Å². The Kier molecular flexibility index (Phi) is 20.1. The largest absolute Gasteiger partial charge is 1.00 e. The van der Waals surface area contributed by atoms with Crippen LogP contribution in [0.4, 0.5) is 0 Å². The van der Waals surface area contributed by atoms with Crippen molar-refractivity contribution in [2.75, 3.05) is 0 Å². The minimum absolute atomic E-state index is 0. The first kappa shape index (κ1) is 29.1. The third-order valence-electron chi connectivity index (χ3n) is 5.06. The molecule has 4 nitrogen and oxygen atoms in total. The SMILES string of the molecule is CCCCCCCCCCC(O)(CCCCCCCCC)S(=O)(=O)[O-].[Na+]. The molecule has 0 bridgehead atoms. The number of aliphatic hydroxyl groups is 1. The predicted octanol–water partition coefficient (Wildman–Crippen LogP) is 2.90. The third-order valence-corrected chi connectivity index (χ3v) is 6.40. The maximum atomic E-state index is 11.5. The summed E-state index contributed by atoms with van der Waals surface area (Å²) in [6.45, 7) is 4.36. The van der Waals surface area contributed by atoms with Crippen LogP contribution in [0.5, 0.6) is 0 Å². The van der Waals surface area contributed by atoms with Gasteiger partial charge in [-0.15, -0.1) is 0 Å². The van der Waals surface area contributed by atoms with Gasteiger partial charge in [-0.3, -0.25) is 0 Å². The van der Waals surface area contributed by atoms with E-state index in [-0.39, 0.29) is 42.4 Å². The summed E-state index contributed by atoms with van der Waals surface area (Å²) in [5, 5.41) is 10.4. The molecule has 0 spiro atoms. The van der Waals surface area contributed by atoms with Gasteiger partial charge in [-0.1, -0.05) is 97.3 Å². The van der Waals surface area contributed by atoms with Gasteiger partial charge in [-0.2, -0.15) is 0 Å². The van der Waals surface area contributed by atoms with E-state index in [1.807, 2.05) is 0 Å². The summed E-state index contributed by atoms with van der Waals surface area (Å²) in [7, 11) is -4.67. The summed E-state index contributed by atoms with van der Waals surface area (Å²) in [5.74, 6) is 0. The zero-order valence-electron chi connectivity index (χ0n) is 17.6. The normalized spacial score (nSPS) is 14.0. The summed E-state index contributed by atoms with van der Waals surface area (Å²) >= 11 is 0. The van der Waals surface area contributed by atoms with Gasteiger partial charge in [-0.05, 0) is 25.7 Å². The van der Waals surface area contributed by atoms with Crippen molar-refractivity contribution in [1.29, 1.82) is 0 Å². The van der Waals surface area contributed by atoms with Gasteiger partial charge in [0, 0.05) is 0 Å². The van der Waals surface area contributed by atoms with Crippen molar-refractivity contribution >= 4 is 10.1 Å². The number of rotatable bonds is 18. The second kappa shape index (κ2) is 17.9. The minimum atomic E-state index is -4.67. The second-order valence-corrected chi connectivity index (χ2v) is 9.16. The summed E-state index contributed by atoms with van der Waals surface area (Å²) in [5.41, 5.74) is 0. The smallest absolute Gasteiger partial charge is 0.746 e. The maximum absolute atomic E-state index is 11.5. The summed E-state index contributed by atoms with van der Waals surface area (Å²) < 4.78 is 34.5. The van der Waals surface area contributed by atoms with Gasteiger partial charge in [0.2, 0.25) is 0 Å². The first-order valence-electron chi connectivity index (χ1n) is 10.5. The van der Waals surface area contributed by atoms with Crippen LogP contribution in [-0.2, 0) is 10.1 Å². The van der Waals surface area contributed by atoms with Gasteiger partial charge in [-0.25, -0.2) is 8.42 Å². The fourth-order valence-corrected chi connectivity index (χ4v) is 4.06.